The lowest BCUT2D eigenvalue weighted by Crippen LogP contribution is -2.68. The largest absolute Gasteiger partial charge is 0.497 e. The van der Waals surface area contributed by atoms with Gasteiger partial charge in [0.15, 0.2) is 0 Å². The van der Waals surface area contributed by atoms with E-state index in [9.17, 15) is 18.8 Å². The number of halogens is 1. The van der Waals surface area contributed by atoms with Gasteiger partial charge >= 0.3 is 0 Å². The maximum absolute atomic E-state index is 13.5. The lowest BCUT2D eigenvalue weighted by atomic mass is 9.96. The zero-order chi connectivity index (χ0) is 20.1. The highest BCUT2D eigenvalue weighted by molar-refractivity contribution is 6.18. The summed E-state index contributed by atoms with van der Waals surface area (Å²) in [7, 11) is 2.97. The van der Waals surface area contributed by atoms with E-state index in [1.165, 1.54) is 42.2 Å². The predicted molar refractivity (Wildman–Crippen MR) is 99.6 cm³/mol. The molecule has 1 unspecified atom stereocenters. The van der Waals surface area contributed by atoms with Crippen LogP contribution in [0.2, 0.25) is 0 Å². The first-order valence-corrected chi connectivity index (χ1v) is 8.75. The van der Waals surface area contributed by atoms with Crippen LogP contribution in [0.1, 0.15) is 23.2 Å². The third kappa shape index (κ3) is 2.45. The molecule has 0 aromatic heterocycles. The molecule has 2 aromatic carbocycles. The van der Waals surface area contributed by atoms with Gasteiger partial charge < -0.3 is 15.0 Å². The minimum Gasteiger partial charge on any atom is -0.497 e. The Morgan fingerprint density at radius 3 is 2.71 bits per heavy atom. The number of ether oxygens (including phenoxy) is 1. The lowest BCUT2D eigenvalue weighted by molar-refractivity contribution is -0.128. The molecule has 2 aliphatic rings. The highest BCUT2D eigenvalue weighted by atomic mass is 19.1. The maximum Gasteiger partial charge on any atom is 0.271 e. The number of amides is 3. The fourth-order valence-corrected chi connectivity index (χ4v) is 3.88. The van der Waals surface area contributed by atoms with Crippen LogP contribution in [0.25, 0.3) is 0 Å². The summed E-state index contributed by atoms with van der Waals surface area (Å²) < 4.78 is 18.7. The minimum atomic E-state index is -1.53. The van der Waals surface area contributed by atoms with Crippen molar-refractivity contribution < 1.29 is 23.5 Å². The Morgan fingerprint density at radius 2 is 2.00 bits per heavy atom. The van der Waals surface area contributed by atoms with Gasteiger partial charge in [-0.3, -0.25) is 19.3 Å². The van der Waals surface area contributed by atoms with Crippen LogP contribution in [-0.2, 0) is 9.59 Å². The van der Waals surface area contributed by atoms with Crippen molar-refractivity contribution in [3.05, 3.63) is 53.8 Å². The number of nitrogens with one attached hydrogen (secondary N) is 1. The topological polar surface area (TPSA) is 79.0 Å². The van der Waals surface area contributed by atoms with E-state index in [0.717, 1.165) is 0 Å². The molecule has 1 saturated heterocycles. The van der Waals surface area contributed by atoms with Gasteiger partial charge in [-0.1, -0.05) is 6.07 Å². The summed E-state index contributed by atoms with van der Waals surface area (Å²) in [4.78, 5) is 41.7. The second kappa shape index (κ2) is 6.33. The monoisotopic (exact) mass is 383 g/mol. The Balaban J connectivity index is 1.83. The molecule has 0 spiro atoms. The van der Waals surface area contributed by atoms with Gasteiger partial charge in [-0.05, 0) is 30.3 Å². The quantitative estimate of drug-likeness (QED) is 0.883. The summed E-state index contributed by atoms with van der Waals surface area (Å²) >= 11 is 0. The van der Waals surface area contributed by atoms with Gasteiger partial charge in [0.05, 0.1) is 18.4 Å². The lowest BCUT2D eigenvalue weighted by Gasteiger charge is -2.47. The van der Waals surface area contributed by atoms with E-state index in [-0.39, 0.29) is 30.3 Å². The molecule has 1 fully saturated rings. The maximum atomic E-state index is 13.5. The average molecular weight is 383 g/mol. The molecule has 3 amide bonds. The molecule has 0 saturated carbocycles. The Morgan fingerprint density at radius 1 is 1.21 bits per heavy atom. The summed E-state index contributed by atoms with van der Waals surface area (Å²) in [6.07, 6.45) is 0.233. The van der Waals surface area contributed by atoms with Crippen molar-refractivity contribution in [2.45, 2.75) is 18.5 Å². The summed E-state index contributed by atoms with van der Waals surface area (Å²) in [5, 5.41) is 2.65. The summed E-state index contributed by atoms with van der Waals surface area (Å²) in [6.45, 7) is 0. The Hall–Kier alpha value is -3.42. The van der Waals surface area contributed by atoms with Crippen LogP contribution in [-0.4, -0.2) is 42.4 Å². The van der Waals surface area contributed by atoms with Gasteiger partial charge in [0.25, 0.3) is 11.8 Å². The van der Waals surface area contributed by atoms with Gasteiger partial charge in [-0.25, -0.2) is 4.39 Å². The third-order valence-electron chi connectivity index (χ3n) is 5.29. The van der Waals surface area contributed by atoms with E-state index in [1.807, 2.05) is 0 Å². The van der Waals surface area contributed by atoms with Crippen LogP contribution in [0.15, 0.2) is 42.5 Å². The number of fused-ring (bicyclic) bond motifs is 3. The predicted octanol–water partition coefficient (Wildman–Crippen LogP) is 2.38. The fraction of sp³-hybridized carbons (Fsp3) is 0.250. The van der Waals surface area contributed by atoms with Crippen molar-refractivity contribution in [3.63, 3.8) is 0 Å². The van der Waals surface area contributed by atoms with Crippen LogP contribution in [0.4, 0.5) is 15.8 Å². The number of hydrogen-bond donors (Lipinski definition) is 1. The second-order valence-corrected chi connectivity index (χ2v) is 6.76. The number of anilines is 2. The number of hydrogen-bond acceptors (Lipinski definition) is 4. The minimum absolute atomic E-state index is 0.102. The highest BCUT2D eigenvalue weighted by Gasteiger charge is 2.59. The van der Waals surface area contributed by atoms with Crippen LogP contribution >= 0.6 is 0 Å². The molecular weight excluding hydrogens is 365 g/mol. The molecule has 2 aliphatic heterocycles. The number of carbonyl (C=O) groups excluding carboxylic acids is 3. The SMILES string of the molecule is COc1ccc2c(c1)N1C(=O)CCC1(C(=O)Nc1cccc(F)c1)N(C)C2=O. The number of benzene rings is 2. The molecule has 2 heterocycles. The van der Waals surface area contributed by atoms with E-state index < -0.39 is 17.4 Å². The molecule has 4 rings (SSSR count). The first kappa shape index (κ1) is 18.0. The van der Waals surface area contributed by atoms with Crippen molar-refractivity contribution >= 4 is 29.1 Å². The van der Waals surface area contributed by atoms with Gasteiger partial charge in [0.2, 0.25) is 11.6 Å². The number of nitrogens with zero attached hydrogens (tertiary/aromatic N) is 2. The number of carbonyl (C=O) groups is 3. The van der Waals surface area contributed by atoms with Crippen LogP contribution < -0.4 is 15.0 Å². The van der Waals surface area contributed by atoms with E-state index in [2.05, 4.69) is 5.32 Å². The smallest absolute Gasteiger partial charge is 0.271 e. The molecular formula is C20H18FN3O4. The zero-order valence-corrected chi connectivity index (χ0v) is 15.4. The van der Waals surface area contributed by atoms with E-state index in [1.54, 1.807) is 24.3 Å². The summed E-state index contributed by atoms with van der Waals surface area (Å²) in [5.74, 6) is -1.26. The zero-order valence-electron chi connectivity index (χ0n) is 15.4. The highest BCUT2D eigenvalue weighted by Crippen LogP contribution is 2.45. The number of likely N-dealkylation sites (N-methyl/N-ethyl adjacent to an activating group) is 1. The summed E-state index contributed by atoms with van der Waals surface area (Å²) in [5.41, 5.74) is -0.636. The molecule has 7 nitrogen and oxygen atoms in total. The van der Waals surface area contributed by atoms with Gasteiger partial charge in [-0.15, -0.1) is 0 Å². The molecule has 0 bridgehead atoms. The van der Waals surface area contributed by atoms with Gasteiger partial charge in [-0.2, -0.15) is 0 Å². The molecule has 1 N–H and O–H groups in total. The van der Waals surface area contributed by atoms with Crippen molar-refractivity contribution in [3.8, 4) is 5.75 Å². The normalized spacial score (nSPS) is 20.7. The Labute approximate surface area is 160 Å². The Kier molecular flexibility index (Phi) is 4.06. The number of rotatable bonds is 3. The van der Waals surface area contributed by atoms with Crippen LogP contribution in [0, 0.1) is 5.82 Å². The molecule has 0 radical (unpaired) electrons. The van der Waals surface area contributed by atoms with Crippen LogP contribution in [0.5, 0.6) is 5.75 Å². The fourth-order valence-electron chi connectivity index (χ4n) is 3.88. The van der Waals surface area contributed by atoms with Crippen molar-refractivity contribution in [2.75, 3.05) is 24.4 Å². The van der Waals surface area contributed by atoms with Gasteiger partial charge in [0, 0.05) is 31.6 Å². The molecule has 28 heavy (non-hydrogen) atoms. The standard InChI is InChI=1S/C20H18FN3O4/c1-23-18(26)15-7-6-14(28-2)11-16(15)24-17(25)8-9-20(23,24)19(27)22-13-5-3-4-12(21)10-13/h3-7,10-11H,8-9H2,1-2H3,(H,22,27). The molecule has 1 atom stereocenters. The second-order valence-electron chi connectivity index (χ2n) is 6.76. The van der Waals surface area contributed by atoms with Gasteiger partial charge in [0.1, 0.15) is 11.6 Å². The van der Waals surface area contributed by atoms with Crippen molar-refractivity contribution in [2.24, 2.45) is 0 Å². The van der Waals surface area contributed by atoms with Crippen molar-refractivity contribution in [1.29, 1.82) is 0 Å². The first-order chi connectivity index (χ1) is 13.4. The average Bonchev–Trinajstić information content (AvgIpc) is 3.04. The molecule has 2 aromatic rings. The van der Waals surface area contributed by atoms with Crippen molar-refractivity contribution in [1.82, 2.24) is 4.90 Å². The van der Waals surface area contributed by atoms with E-state index in [4.69, 9.17) is 4.74 Å². The number of methoxy groups -OCH3 is 1. The van der Waals surface area contributed by atoms with Crippen LogP contribution in [0.3, 0.4) is 0 Å². The van der Waals surface area contributed by atoms with E-state index >= 15 is 0 Å². The Bertz CT molecular complexity index is 1010. The first-order valence-electron chi connectivity index (χ1n) is 8.75. The molecule has 144 valence electrons. The van der Waals surface area contributed by atoms with E-state index in [0.29, 0.717) is 17.0 Å². The summed E-state index contributed by atoms with van der Waals surface area (Å²) in [6, 6.07) is 10.2. The third-order valence-corrected chi connectivity index (χ3v) is 5.29. The molecule has 8 heteroatoms. The molecule has 0 aliphatic carbocycles.